The van der Waals surface area contributed by atoms with Crippen LogP contribution < -0.4 is 0 Å². The molecule has 86 valence electrons. The van der Waals surface area contributed by atoms with Crippen LogP contribution in [-0.4, -0.2) is 5.38 Å². The molecule has 0 heterocycles. The molecule has 0 radical (unpaired) electrons. The fourth-order valence-corrected chi connectivity index (χ4v) is 2.67. The SMILES string of the molecule is Cc1cccc(C2=CC(Cl)CCCC2)c1C. The zero-order valence-corrected chi connectivity index (χ0v) is 10.8. The van der Waals surface area contributed by atoms with Crippen molar-refractivity contribution < 1.29 is 0 Å². The molecule has 1 aliphatic carbocycles. The molecule has 1 unspecified atom stereocenters. The van der Waals surface area contributed by atoms with Gasteiger partial charge in [-0.25, -0.2) is 0 Å². The summed E-state index contributed by atoms with van der Waals surface area (Å²) in [6, 6.07) is 6.55. The Morgan fingerprint density at radius 1 is 1.19 bits per heavy atom. The minimum absolute atomic E-state index is 0.220. The number of allylic oxidation sites excluding steroid dienone is 2. The second kappa shape index (κ2) is 5.05. The fourth-order valence-electron chi connectivity index (χ4n) is 2.36. The van der Waals surface area contributed by atoms with Crippen LogP contribution in [0.15, 0.2) is 24.3 Å². The van der Waals surface area contributed by atoms with Gasteiger partial charge in [0, 0.05) is 0 Å². The first kappa shape index (κ1) is 11.7. The highest BCUT2D eigenvalue weighted by molar-refractivity contribution is 6.22. The van der Waals surface area contributed by atoms with Crippen molar-refractivity contribution in [3.63, 3.8) is 0 Å². The quantitative estimate of drug-likeness (QED) is 0.609. The van der Waals surface area contributed by atoms with Crippen LogP contribution in [-0.2, 0) is 0 Å². The van der Waals surface area contributed by atoms with Gasteiger partial charge in [-0.2, -0.15) is 0 Å². The molecule has 0 saturated carbocycles. The molecule has 0 nitrogen and oxygen atoms in total. The number of hydrogen-bond donors (Lipinski definition) is 0. The van der Waals surface area contributed by atoms with E-state index in [-0.39, 0.29) is 5.38 Å². The van der Waals surface area contributed by atoms with Crippen LogP contribution in [0, 0.1) is 13.8 Å². The smallest absolute Gasteiger partial charge is 0.0521 e. The summed E-state index contributed by atoms with van der Waals surface area (Å²) < 4.78 is 0. The lowest BCUT2D eigenvalue weighted by molar-refractivity contribution is 0.724. The number of rotatable bonds is 1. The largest absolute Gasteiger partial charge is 0.118 e. The molecule has 1 atom stereocenters. The predicted octanol–water partition coefficient (Wildman–Crippen LogP) is 4.87. The van der Waals surface area contributed by atoms with Gasteiger partial charge >= 0.3 is 0 Å². The van der Waals surface area contributed by atoms with Crippen molar-refractivity contribution in [2.75, 3.05) is 0 Å². The summed E-state index contributed by atoms with van der Waals surface area (Å²) in [5.74, 6) is 0. The average Bonchev–Trinajstić information content (AvgIpc) is 2.47. The Morgan fingerprint density at radius 3 is 2.81 bits per heavy atom. The summed E-state index contributed by atoms with van der Waals surface area (Å²) in [5, 5.41) is 0.220. The highest BCUT2D eigenvalue weighted by Gasteiger charge is 2.12. The van der Waals surface area contributed by atoms with E-state index in [4.69, 9.17) is 11.6 Å². The minimum Gasteiger partial charge on any atom is -0.118 e. The van der Waals surface area contributed by atoms with Crippen molar-refractivity contribution >= 4 is 17.2 Å². The van der Waals surface area contributed by atoms with E-state index in [1.165, 1.54) is 41.5 Å². The summed E-state index contributed by atoms with van der Waals surface area (Å²) in [6.45, 7) is 4.38. The van der Waals surface area contributed by atoms with Crippen molar-refractivity contribution in [1.29, 1.82) is 0 Å². The van der Waals surface area contributed by atoms with E-state index < -0.39 is 0 Å². The molecule has 0 amide bonds. The lowest BCUT2D eigenvalue weighted by Crippen LogP contribution is -1.94. The Bertz CT molecular complexity index is 404. The van der Waals surface area contributed by atoms with E-state index in [1.807, 2.05) is 0 Å². The predicted molar refractivity (Wildman–Crippen MR) is 72.0 cm³/mol. The topological polar surface area (TPSA) is 0 Å². The second-order valence-corrected chi connectivity index (χ2v) is 5.26. The molecule has 0 saturated heterocycles. The molecule has 16 heavy (non-hydrogen) atoms. The number of aryl methyl sites for hydroxylation is 1. The molecular formula is C15H19Cl. The van der Waals surface area contributed by atoms with E-state index in [9.17, 15) is 0 Å². The maximum absolute atomic E-state index is 6.28. The molecule has 0 aliphatic heterocycles. The van der Waals surface area contributed by atoms with E-state index in [0.717, 1.165) is 6.42 Å². The molecule has 1 aromatic rings. The normalized spacial score (nSPS) is 21.4. The molecule has 0 N–H and O–H groups in total. The molecule has 1 aromatic carbocycles. The molecule has 2 rings (SSSR count). The number of alkyl halides is 1. The number of halogens is 1. The Kier molecular flexibility index (Phi) is 3.70. The highest BCUT2D eigenvalue weighted by Crippen LogP contribution is 2.30. The lowest BCUT2D eigenvalue weighted by atomic mass is 9.94. The van der Waals surface area contributed by atoms with Crippen LogP contribution in [0.1, 0.15) is 42.4 Å². The Morgan fingerprint density at radius 2 is 2.00 bits per heavy atom. The summed E-state index contributed by atoms with van der Waals surface area (Å²) in [7, 11) is 0. The van der Waals surface area contributed by atoms with Crippen molar-refractivity contribution in [2.45, 2.75) is 44.9 Å². The first-order valence-corrected chi connectivity index (χ1v) is 6.53. The Hall–Kier alpha value is -0.750. The zero-order valence-electron chi connectivity index (χ0n) is 10.1. The van der Waals surface area contributed by atoms with E-state index >= 15 is 0 Å². The van der Waals surface area contributed by atoms with Crippen LogP contribution in [0.25, 0.3) is 5.57 Å². The van der Waals surface area contributed by atoms with Crippen molar-refractivity contribution in [3.8, 4) is 0 Å². The van der Waals surface area contributed by atoms with Gasteiger partial charge in [0.1, 0.15) is 0 Å². The van der Waals surface area contributed by atoms with Gasteiger partial charge in [0.15, 0.2) is 0 Å². The van der Waals surface area contributed by atoms with Crippen LogP contribution in [0.4, 0.5) is 0 Å². The zero-order chi connectivity index (χ0) is 11.5. The fraction of sp³-hybridized carbons (Fsp3) is 0.467. The van der Waals surface area contributed by atoms with Gasteiger partial charge in [-0.3, -0.25) is 0 Å². The molecule has 1 aliphatic rings. The second-order valence-electron chi connectivity index (χ2n) is 4.70. The van der Waals surface area contributed by atoms with E-state index in [1.54, 1.807) is 0 Å². The van der Waals surface area contributed by atoms with Gasteiger partial charge in [-0.15, -0.1) is 11.6 Å². The number of hydrogen-bond acceptors (Lipinski definition) is 0. The van der Waals surface area contributed by atoms with Gasteiger partial charge < -0.3 is 0 Å². The van der Waals surface area contributed by atoms with E-state index in [2.05, 4.69) is 38.1 Å². The molecule has 0 spiro atoms. The van der Waals surface area contributed by atoms with Crippen LogP contribution in [0.2, 0.25) is 0 Å². The molecular weight excluding hydrogens is 216 g/mol. The number of benzene rings is 1. The first-order chi connectivity index (χ1) is 7.68. The lowest BCUT2D eigenvalue weighted by Gasteiger charge is -2.12. The van der Waals surface area contributed by atoms with Gasteiger partial charge in [0.05, 0.1) is 5.38 Å². The molecule has 0 fully saturated rings. The van der Waals surface area contributed by atoms with Crippen molar-refractivity contribution in [2.24, 2.45) is 0 Å². The monoisotopic (exact) mass is 234 g/mol. The third-order valence-corrected chi connectivity index (χ3v) is 3.85. The first-order valence-electron chi connectivity index (χ1n) is 6.10. The third kappa shape index (κ3) is 2.49. The van der Waals surface area contributed by atoms with Gasteiger partial charge in [0.25, 0.3) is 0 Å². The Labute approximate surface area is 103 Å². The average molecular weight is 235 g/mol. The summed E-state index contributed by atoms with van der Waals surface area (Å²) in [5.41, 5.74) is 5.61. The molecule has 0 aromatic heterocycles. The summed E-state index contributed by atoms with van der Waals surface area (Å²) >= 11 is 6.28. The maximum Gasteiger partial charge on any atom is 0.0521 e. The van der Waals surface area contributed by atoms with E-state index in [0.29, 0.717) is 0 Å². The maximum atomic E-state index is 6.28. The molecule has 0 bridgehead atoms. The van der Waals surface area contributed by atoms with Gasteiger partial charge in [0.2, 0.25) is 0 Å². The van der Waals surface area contributed by atoms with Crippen LogP contribution in [0.3, 0.4) is 0 Å². The molecule has 1 heteroatoms. The van der Waals surface area contributed by atoms with Crippen LogP contribution in [0.5, 0.6) is 0 Å². The minimum atomic E-state index is 0.220. The van der Waals surface area contributed by atoms with Crippen LogP contribution >= 0.6 is 11.6 Å². The summed E-state index contributed by atoms with van der Waals surface area (Å²) in [6.07, 6.45) is 7.07. The standard InChI is InChI=1S/C15H19Cl/c1-11-6-5-9-15(12(11)2)13-7-3-4-8-14(16)10-13/h5-6,9-10,14H,3-4,7-8H2,1-2H3. The highest BCUT2D eigenvalue weighted by atomic mass is 35.5. The third-order valence-electron chi connectivity index (χ3n) is 3.51. The van der Waals surface area contributed by atoms with Crippen molar-refractivity contribution in [3.05, 3.63) is 41.0 Å². The van der Waals surface area contributed by atoms with Gasteiger partial charge in [-0.1, -0.05) is 30.7 Å². The Balaban J connectivity index is 2.38. The van der Waals surface area contributed by atoms with Gasteiger partial charge in [-0.05, 0) is 55.4 Å². The summed E-state index contributed by atoms with van der Waals surface area (Å²) in [4.78, 5) is 0. The van der Waals surface area contributed by atoms with Crippen molar-refractivity contribution in [1.82, 2.24) is 0 Å².